The van der Waals surface area contributed by atoms with Crippen molar-refractivity contribution in [1.82, 2.24) is 15.1 Å². The number of fused-ring (bicyclic) bond motifs is 1. The lowest BCUT2D eigenvalue weighted by Crippen LogP contribution is -2.27. The molecule has 0 saturated carbocycles. The summed E-state index contributed by atoms with van der Waals surface area (Å²) in [6.07, 6.45) is 1.66. The molecule has 0 bridgehead atoms. The van der Waals surface area contributed by atoms with Crippen molar-refractivity contribution >= 4 is 23.2 Å². The van der Waals surface area contributed by atoms with Crippen LogP contribution in [0, 0.1) is 6.92 Å². The van der Waals surface area contributed by atoms with Crippen molar-refractivity contribution in [2.75, 3.05) is 41.5 Å². The zero-order chi connectivity index (χ0) is 23.1. The van der Waals surface area contributed by atoms with Gasteiger partial charge in [-0.3, -0.25) is 4.79 Å². The summed E-state index contributed by atoms with van der Waals surface area (Å²) in [6, 6.07) is 9.47. The Balaban J connectivity index is 0.00000385. The minimum atomic E-state index is -0.128. The number of nitrogens with zero attached hydrogens (tertiary/aromatic N) is 2. The van der Waals surface area contributed by atoms with Gasteiger partial charge in [-0.2, -0.15) is 5.10 Å². The van der Waals surface area contributed by atoms with E-state index in [-0.39, 0.29) is 18.0 Å². The number of aryl methyl sites for hydroxylation is 2. The summed E-state index contributed by atoms with van der Waals surface area (Å²) >= 11 is 0. The van der Waals surface area contributed by atoms with Crippen LogP contribution in [0.2, 0.25) is 0 Å². The van der Waals surface area contributed by atoms with E-state index in [4.69, 9.17) is 18.9 Å². The lowest BCUT2D eigenvalue weighted by Gasteiger charge is -2.13. The van der Waals surface area contributed by atoms with Gasteiger partial charge in [-0.15, -0.1) is 12.4 Å². The fraction of sp³-hybridized carbons (Fsp3) is 0.417. The number of rotatable bonds is 11. The molecule has 1 aromatic heterocycles. The molecule has 33 heavy (non-hydrogen) atoms. The van der Waals surface area contributed by atoms with Gasteiger partial charge in [0.15, 0.2) is 23.0 Å². The molecule has 180 valence electrons. The van der Waals surface area contributed by atoms with Gasteiger partial charge in [-0.1, -0.05) is 6.07 Å². The minimum Gasteiger partial charge on any atom is -0.493 e. The van der Waals surface area contributed by atoms with Crippen LogP contribution in [0.4, 0.5) is 0 Å². The highest BCUT2D eigenvalue weighted by molar-refractivity contribution is 5.87. The summed E-state index contributed by atoms with van der Waals surface area (Å²) in [5.41, 5.74) is 1.82. The highest BCUT2D eigenvalue weighted by Crippen LogP contribution is 2.31. The predicted octanol–water partition coefficient (Wildman–Crippen LogP) is 3.38. The predicted molar refractivity (Wildman–Crippen MR) is 132 cm³/mol. The standard InChI is InChI=1S/C24H31N3O5.ClH/c1-16-18-14-22(31-4)23(32-5)15-19(18)24(28)27(26-16)12-6-10-25-11-9-17-7-8-20(29-2)21(13-17)30-3;/h7-8,13-15,25H,6,9-12H2,1-5H3;1H. The van der Waals surface area contributed by atoms with Crippen LogP contribution in [0.1, 0.15) is 17.7 Å². The molecule has 0 radical (unpaired) electrons. The molecule has 0 spiro atoms. The molecule has 0 aliphatic heterocycles. The average Bonchev–Trinajstić information content (AvgIpc) is 2.82. The van der Waals surface area contributed by atoms with Crippen molar-refractivity contribution in [2.24, 2.45) is 0 Å². The summed E-state index contributed by atoms with van der Waals surface area (Å²) < 4.78 is 22.8. The van der Waals surface area contributed by atoms with Gasteiger partial charge in [0.05, 0.1) is 39.5 Å². The van der Waals surface area contributed by atoms with E-state index >= 15 is 0 Å². The van der Waals surface area contributed by atoms with E-state index in [0.717, 1.165) is 48.5 Å². The zero-order valence-electron chi connectivity index (χ0n) is 19.8. The molecule has 0 unspecified atom stereocenters. The first kappa shape index (κ1) is 26.3. The van der Waals surface area contributed by atoms with Gasteiger partial charge in [0.2, 0.25) is 0 Å². The second-order valence-corrected chi connectivity index (χ2v) is 7.41. The molecule has 3 aromatic rings. The van der Waals surface area contributed by atoms with Crippen LogP contribution in [-0.4, -0.2) is 51.3 Å². The fourth-order valence-corrected chi connectivity index (χ4v) is 3.67. The monoisotopic (exact) mass is 477 g/mol. The maximum absolute atomic E-state index is 12.9. The molecule has 0 atom stereocenters. The van der Waals surface area contributed by atoms with Crippen LogP contribution in [-0.2, 0) is 13.0 Å². The smallest absolute Gasteiger partial charge is 0.274 e. The Hall–Kier alpha value is -2.97. The number of halogens is 1. The van der Waals surface area contributed by atoms with Crippen molar-refractivity contribution in [1.29, 1.82) is 0 Å². The van der Waals surface area contributed by atoms with E-state index in [2.05, 4.69) is 10.4 Å². The Bertz CT molecular complexity index is 1130. The summed E-state index contributed by atoms with van der Waals surface area (Å²) in [4.78, 5) is 12.9. The van der Waals surface area contributed by atoms with E-state index in [9.17, 15) is 4.79 Å². The number of methoxy groups -OCH3 is 4. The maximum Gasteiger partial charge on any atom is 0.274 e. The van der Waals surface area contributed by atoms with Gasteiger partial charge in [-0.05, 0) is 62.7 Å². The molecular weight excluding hydrogens is 446 g/mol. The minimum absolute atomic E-state index is 0. The molecule has 2 aromatic carbocycles. The van der Waals surface area contributed by atoms with E-state index in [1.807, 2.05) is 25.1 Å². The molecule has 8 nitrogen and oxygen atoms in total. The van der Waals surface area contributed by atoms with Crippen molar-refractivity contribution in [3.05, 3.63) is 51.9 Å². The first-order valence-corrected chi connectivity index (χ1v) is 10.6. The molecule has 3 rings (SSSR count). The summed E-state index contributed by atoms with van der Waals surface area (Å²) in [5.74, 6) is 2.58. The van der Waals surface area contributed by atoms with Gasteiger partial charge < -0.3 is 24.3 Å². The first-order chi connectivity index (χ1) is 15.5. The summed E-state index contributed by atoms with van der Waals surface area (Å²) in [5, 5.41) is 9.26. The molecule has 0 aliphatic carbocycles. The van der Waals surface area contributed by atoms with Gasteiger partial charge in [0.25, 0.3) is 5.56 Å². The second kappa shape index (κ2) is 12.3. The first-order valence-electron chi connectivity index (χ1n) is 10.6. The van der Waals surface area contributed by atoms with E-state index < -0.39 is 0 Å². The maximum atomic E-state index is 12.9. The molecule has 1 N–H and O–H groups in total. The molecular formula is C24H32ClN3O5. The average molecular weight is 478 g/mol. The van der Waals surface area contributed by atoms with Crippen molar-refractivity contribution in [3.63, 3.8) is 0 Å². The third-order valence-electron chi connectivity index (χ3n) is 5.41. The Morgan fingerprint density at radius 2 is 1.45 bits per heavy atom. The van der Waals surface area contributed by atoms with Crippen LogP contribution in [0.5, 0.6) is 23.0 Å². The van der Waals surface area contributed by atoms with E-state index in [1.165, 1.54) is 10.2 Å². The summed E-state index contributed by atoms with van der Waals surface area (Å²) in [6.45, 7) is 4.04. The topological polar surface area (TPSA) is 83.8 Å². The Kier molecular flexibility index (Phi) is 9.81. The lowest BCUT2D eigenvalue weighted by molar-refractivity contribution is 0.354. The molecule has 1 heterocycles. The van der Waals surface area contributed by atoms with Crippen LogP contribution >= 0.6 is 12.4 Å². The third kappa shape index (κ3) is 6.09. The van der Waals surface area contributed by atoms with Crippen LogP contribution in [0.15, 0.2) is 35.1 Å². The van der Waals surface area contributed by atoms with Gasteiger partial charge in [0, 0.05) is 11.9 Å². The molecule has 0 saturated heterocycles. The van der Waals surface area contributed by atoms with Crippen LogP contribution < -0.4 is 29.8 Å². The molecule has 9 heteroatoms. The van der Waals surface area contributed by atoms with Crippen LogP contribution in [0.25, 0.3) is 10.8 Å². The van der Waals surface area contributed by atoms with Crippen LogP contribution in [0.3, 0.4) is 0 Å². The number of hydrogen-bond donors (Lipinski definition) is 1. The zero-order valence-corrected chi connectivity index (χ0v) is 20.6. The fourth-order valence-electron chi connectivity index (χ4n) is 3.67. The van der Waals surface area contributed by atoms with Crippen molar-refractivity contribution < 1.29 is 18.9 Å². The highest BCUT2D eigenvalue weighted by Gasteiger charge is 2.13. The molecule has 0 aliphatic rings. The summed E-state index contributed by atoms with van der Waals surface area (Å²) in [7, 11) is 6.40. The normalized spacial score (nSPS) is 10.6. The van der Waals surface area contributed by atoms with Crippen molar-refractivity contribution in [2.45, 2.75) is 26.3 Å². The number of benzene rings is 2. The quantitative estimate of drug-likeness (QED) is 0.424. The number of ether oxygens (including phenoxy) is 4. The molecule has 0 amide bonds. The Morgan fingerprint density at radius 1 is 0.848 bits per heavy atom. The number of aromatic nitrogens is 2. The SMILES string of the molecule is COc1ccc(CCNCCCn2nc(C)c3cc(OC)c(OC)cc3c2=O)cc1OC.Cl. The van der Waals surface area contributed by atoms with Crippen molar-refractivity contribution in [3.8, 4) is 23.0 Å². The number of nitrogens with one attached hydrogen (secondary N) is 1. The third-order valence-corrected chi connectivity index (χ3v) is 5.41. The largest absolute Gasteiger partial charge is 0.493 e. The van der Waals surface area contributed by atoms with E-state index in [0.29, 0.717) is 23.4 Å². The highest BCUT2D eigenvalue weighted by atomic mass is 35.5. The van der Waals surface area contributed by atoms with Gasteiger partial charge in [0.1, 0.15) is 0 Å². The second-order valence-electron chi connectivity index (χ2n) is 7.41. The number of hydrogen-bond acceptors (Lipinski definition) is 7. The van der Waals surface area contributed by atoms with E-state index in [1.54, 1.807) is 40.6 Å². The van der Waals surface area contributed by atoms with Gasteiger partial charge in [-0.25, -0.2) is 4.68 Å². The van der Waals surface area contributed by atoms with Gasteiger partial charge >= 0.3 is 0 Å². The Morgan fingerprint density at radius 3 is 2.09 bits per heavy atom. The molecule has 0 fully saturated rings. The Labute approximate surface area is 200 Å². The lowest BCUT2D eigenvalue weighted by atomic mass is 10.1.